The van der Waals surface area contributed by atoms with Crippen molar-refractivity contribution in [3.8, 4) is 0 Å². The molecule has 0 spiro atoms. The highest BCUT2D eigenvalue weighted by molar-refractivity contribution is 5.98. The van der Waals surface area contributed by atoms with Crippen molar-refractivity contribution < 1.29 is 18.0 Å². The quantitative estimate of drug-likeness (QED) is 0.765. The number of alkyl halides is 3. The Labute approximate surface area is 148 Å². The number of nitrogens with zero attached hydrogens (tertiary/aromatic N) is 3. The fraction of sp³-hybridized carbons (Fsp3) is 0.333. The van der Waals surface area contributed by atoms with E-state index in [4.69, 9.17) is 0 Å². The first-order valence-electron chi connectivity index (χ1n) is 8.07. The van der Waals surface area contributed by atoms with Gasteiger partial charge in [0.05, 0.1) is 6.54 Å². The van der Waals surface area contributed by atoms with E-state index in [0.29, 0.717) is 5.56 Å². The zero-order chi connectivity index (χ0) is 19.1. The molecule has 0 aliphatic rings. The van der Waals surface area contributed by atoms with Crippen molar-refractivity contribution >= 4 is 16.8 Å². The van der Waals surface area contributed by atoms with Gasteiger partial charge in [0.25, 0.3) is 5.91 Å². The minimum atomic E-state index is -4.34. The van der Waals surface area contributed by atoms with Crippen LogP contribution in [0.25, 0.3) is 10.9 Å². The van der Waals surface area contributed by atoms with Crippen molar-refractivity contribution in [2.24, 2.45) is 0 Å². The van der Waals surface area contributed by atoms with Gasteiger partial charge in [0.1, 0.15) is 12.4 Å². The van der Waals surface area contributed by atoms with Gasteiger partial charge in [-0.25, -0.2) is 4.98 Å². The maximum absolute atomic E-state index is 12.7. The molecular weight excluding hydrogens is 345 g/mol. The number of aryl methyl sites for hydroxylation is 2. The molecule has 0 saturated carbocycles. The van der Waals surface area contributed by atoms with Gasteiger partial charge >= 0.3 is 6.18 Å². The zero-order valence-corrected chi connectivity index (χ0v) is 14.7. The van der Waals surface area contributed by atoms with E-state index in [1.54, 1.807) is 19.2 Å². The Morgan fingerprint density at radius 1 is 1.31 bits per heavy atom. The van der Waals surface area contributed by atoms with Crippen molar-refractivity contribution in [2.45, 2.75) is 33.1 Å². The number of halogens is 3. The van der Waals surface area contributed by atoms with Gasteiger partial charge in [-0.3, -0.25) is 4.79 Å². The van der Waals surface area contributed by atoms with Crippen LogP contribution in [0.1, 0.15) is 27.4 Å². The van der Waals surface area contributed by atoms with Crippen LogP contribution in [0.15, 0.2) is 30.6 Å². The molecule has 0 atom stereocenters. The summed E-state index contributed by atoms with van der Waals surface area (Å²) in [5, 5.41) is 0.959. The van der Waals surface area contributed by atoms with Crippen LogP contribution in [0.3, 0.4) is 0 Å². The highest BCUT2D eigenvalue weighted by Gasteiger charge is 2.29. The largest absolute Gasteiger partial charge is 0.406 e. The molecule has 8 heteroatoms. The molecule has 0 bridgehead atoms. The average Bonchev–Trinajstić information content (AvgIpc) is 3.09. The van der Waals surface area contributed by atoms with Gasteiger partial charge in [0.15, 0.2) is 0 Å². The van der Waals surface area contributed by atoms with Crippen LogP contribution in [0.5, 0.6) is 0 Å². The van der Waals surface area contributed by atoms with E-state index in [-0.39, 0.29) is 18.3 Å². The summed E-state index contributed by atoms with van der Waals surface area (Å²) in [7, 11) is 1.55. The molecule has 1 amide bonds. The monoisotopic (exact) mass is 364 g/mol. The van der Waals surface area contributed by atoms with Crippen LogP contribution in [0.2, 0.25) is 0 Å². The minimum absolute atomic E-state index is 0.00883. The molecule has 0 saturated heterocycles. The average molecular weight is 364 g/mol. The van der Waals surface area contributed by atoms with Crippen LogP contribution in [0.4, 0.5) is 13.2 Å². The second-order valence-corrected chi connectivity index (χ2v) is 6.38. The molecule has 26 heavy (non-hydrogen) atoms. The second kappa shape index (κ2) is 6.51. The van der Waals surface area contributed by atoms with Crippen molar-refractivity contribution in [2.75, 3.05) is 7.05 Å². The summed E-state index contributed by atoms with van der Waals surface area (Å²) in [6.07, 6.45) is -1.77. The predicted molar refractivity (Wildman–Crippen MR) is 91.9 cm³/mol. The van der Waals surface area contributed by atoms with Crippen LogP contribution < -0.4 is 0 Å². The standard InChI is InChI=1S/C18H19F3N4O/c1-11-12(2)23-15-5-4-13(8-14(11)15)17(26)24(3)9-16-22-6-7-25(16)10-18(19,20)21/h4-8,23H,9-10H2,1-3H3. The summed E-state index contributed by atoms with van der Waals surface area (Å²) in [6.45, 7) is 2.80. The topological polar surface area (TPSA) is 53.9 Å². The number of aromatic nitrogens is 3. The number of aromatic amines is 1. The summed E-state index contributed by atoms with van der Waals surface area (Å²) in [5.41, 5.74) is 3.53. The highest BCUT2D eigenvalue weighted by Crippen LogP contribution is 2.23. The second-order valence-electron chi connectivity index (χ2n) is 6.38. The number of fused-ring (bicyclic) bond motifs is 1. The van der Waals surface area contributed by atoms with Crippen molar-refractivity contribution in [3.05, 3.63) is 53.2 Å². The Balaban J connectivity index is 1.80. The number of amides is 1. The van der Waals surface area contributed by atoms with Crippen LogP contribution in [0, 0.1) is 13.8 Å². The van der Waals surface area contributed by atoms with Crippen molar-refractivity contribution in [1.82, 2.24) is 19.4 Å². The number of imidazole rings is 1. The molecular formula is C18H19F3N4O. The van der Waals surface area contributed by atoms with E-state index in [1.165, 1.54) is 17.3 Å². The summed E-state index contributed by atoms with van der Waals surface area (Å²) >= 11 is 0. The Morgan fingerprint density at radius 3 is 2.73 bits per heavy atom. The molecule has 2 aromatic heterocycles. The number of hydrogen-bond donors (Lipinski definition) is 1. The molecule has 5 nitrogen and oxygen atoms in total. The van der Waals surface area contributed by atoms with E-state index in [9.17, 15) is 18.0 Å². The molecule has 1 N–H and O–H groups in total. The Morgan fingerprint density at radius 2 is 2.04 bits per heavy atom. The molecule has 0 fully saturated rings. The third kappa shape index (κ3) is 3.58. The number of benzene rings is 1. The fourth-order valence-electron chi connectivity index (χ4n) is 2.93. The van der Waals surface area contributed by atoms with Gasteiger partial charge in [-0.2, -0.15) is 13.2 Å². The lowest BCUT2D eigenvalue weighted by atomic mass is 10.1. The molecule has 138 valence electrons. The normalized spacial score (nSPS) is 11.9. The number of nitrogens with one attached hydrogen (secondary N) is 1. The predicted octanol–water partition coefficient (Wildman–Crippen LogP) is 3.82. The van der Waals surface area contributed by atoms with E-state index >= 15 is 0 Å². The van der Waals surface area contributed by atoms with Gasteiger partial charge in [0.2, 0.25) is 0 Å². The minimum Gasteiger partial charge on any atom is -0.358 e. The Hall–Kier alpha value is -2.77. The first kappa shape index (κ1) is 18.0. The lowest BCUT2D eigenvalue weighted by molar-refractivity contribution is -0.141. The van der Waals surface area contributed by atoms with Gasteiger partial charge < -0.3 is 14.5 Å². The van der Waals surface area contributed by atoms with Crippen LogP contribution in [-0.2, 0) is 13.1 Å². The van der Waals surface area contributed by atoms with Gasteiger partial charge in [-0.1, -0.05) is 0 Å². The maximum atomic E-state index is 12.7. The molecule has 0 aliphatic heterocycles. The van der Waals surface area contributed by atoms with Crippen LogP contribution >= 0.6 is 0 Å². The number of hydrogen-bond acceptors (Lipinski definition) is 2. The first-order chi connectivity index (χ1) is 12.2. The molecule has 3 aromatic rings. The van der Waals surface area contributed by atoms with E-state index in [0.717, 1.165) is 26.7 Å². The van der Waals surface area contributed by atoms with Crippen molar-refractivity contribution in [3.63, 3.8) is 0 Å². The molecule has 0 radical (unpaired) electrons. The van der Waals surface area contributed by atoms with Crippen molar-refractivity contribution in [1.29, 1.82) is 0 Å². The summed E-state index contributed by atoms with van der Waals surface area (Å²) in [6, 6.07) is 5.34. The molecule has 3 rings (SSSR count). The van der Waals surface area contributed by atoms with Crippen LogP contribution in [-0.4, -0.2) is 38.6 Å². The molecule has 2 heterocycles. The summed E-state index contributed by atoms with van der Waals surface area (Å²) in [4.78, 5) is 21.2. The highest BCUT2D eigenvalue weighted by atomic mass is 19.4. The third-order valence-electron chi connectivity index (χ3n) is 4.43. The first-order valence-corrected chi connectivity index (χ1v) is 8.07. The van der Waals surface area contributed by atoms with E-state index in [1.807, 2.05) is 19.9 Å². The lowest BCUT2D eigenvalue weighted by Crippen LogP contribution is -2.29. The Kier molecular flexibility index (Phi) is 4.52. The lowest BCUT2D eigenvalue weighted by Gasteiger charge is -2.18. The smallest absolute Gasteiger partial charge is 0.358 e. The molecule has 0 aliphatic carbocycles. The van der Waals surface area contributed by atoms with Gasteiger partial charge in [0, 0.05) is 41.6 Å². The van der Waals surface area contributed by atoms with Gasteiger partial charge in [-0.15, -0.1) is 0 Å². The van der Waals surface area contributed by atoms with Gasteiger partial charge in [-0.05, 0) is 37.6 Å². The van der Waals surface area contributed by atoms with E-state index in [2.05, 4.69) is 9.97 Å². The maximum Gasteiger partial charge on any atom is 0.406 e. The SMILES string of the molecule is Cc1[nH]c2ccc(C(=O)N(C)Cc3nccn3CC(F)(F)F)cc2c1C. The molecule has 0 unspecified atom stereocenters. The number of carbonyl (C=O) groups is 1. The zero-order valence-electron chi connectivity index (χ0n) is 14.7. The van der Waals surface area contributed by atoms with E-state index < -0.39 is 12.7 Å². The molecule has 1 aromatic carbocycles. The fourth-order valence-corrected chi connectivity index (χ4v) is 2.93. The number of carbonyl (C=O) groups excluding carboxylic acids is 1. The number of H-pyrrole nitrogens is 1. The number of rotatable bonds is 4. The summed E-state index contributed by atoms with van der Waals surface area (Å²) in [5.74, 6) is -0.0837. The summed E-state index contributed by atoms with van der Waals surface area (Å²) < 4.78 is 38.9. The Bertz CT molecular complexity index is 955. The third-order valence-corrected chi connectivity index (χ3v) is 4.43.